The Hall–Kier alpha value is -2.87. The molecule has 2 aliphatic rings. The van der Waals surface area contributed by atoms with Crippen LogP contribution < -0.4 is 5.32 Å². The second-order valence-corrected chi connectivity index (χ2v) is 5.99. The molecule has 1 atom stereocenters. The van der Waals surface area contributed by atoms with Crippen LogP contribution in [0, 0.1) is 11.3 Å². The normalized spacial score (nSPS) is 20.2. The maximum Gasteiger partial charge on any atom is 0.336 e. The quantitative estimate of drug-likeness (QED) is 0.847. The molecule has 1 N–H and O–H groups in total. The van der Waals surface area contributed by atoms with Crippen LogP contribution in [0.5, 0.6) is 0 Å². The lowest BCUT2D eigenvalue weighted by molar-refractivity contribution is -0.136. The Morgan fingerprint density at radius 3 is 2.62 bits per heavy atom. The number of nitriles is 1. The van der Waals surface area contributed by atoms with Crippen molar-refractivity contribution >= 4 is 11.8 Å². The summed E-state index contributed by atoms with van der Waals surface area (Å²) < 4.78 is 4.95. The molecular weight excluding hydrogens is 304 g/mol. The van der Waals surface area contributed by atoms with Crippen molar-refractivity contribution in [3.63, 3.8) is 0 Å². The number of esters is 1. The first kappa shape index (κ1) is 16.0. The lowest BCUT2D eigenvalue weighted by Gasteiger charge is -2.34. The Morgan fingerprint density at radius 2 is 2.00 bits per heavy atom. The largest absolute Gasteiger partial charge is 0.466 e. The fraction of sp³-hybridized carbons (Fsp3) is 0.316. The molecule has 122 valence electrons. The Kier molecular flexibility index (Phi) is 4.22. The molecule has 0 saturated carbocycles. The summed E-state index contributed by atoms with van der Waals surface area (Å²) in [4.78, 5) is 24.9. The van der Waals surface area contributed by atoms with Crippen LogP contribution in [0.3, 0.4) is 0 Å². The van der Waals surface area contributed by atoms with Gasteiger partial charge in [0.05, 0.1) is 24.3 Å². The molecule has 0 fully saturated rings. The van der Waals surface area contributed by atoms with Crippen LogP contribution in [-0.2, 0) is 14.3 Å². The third-order valence-corrected chi connectivity index (χ3v) is 4.55. The zero-order chi connectivity index (χ0) is 17.3. The summed E-state index contributed by atoms with van der Waals surface area (Å²) in [5.74, 6) is -0.833. The first-order valence-corrected chi connectivity index (χ1v) is 7.89. The van der Waals surface area contributed by atoms with E-state index in [1.807, 2.05) is 6.92 Å². The van der Waals surface area contributed by atoms with Crippen LogP contribution in [0.4, 0.5) is 0 Å². The maximum absolute atomic E-state index is 12.6. The Morgan fingerprint density at radius 1 is 1.29 bits per heavy atom. The number of methoxy groups -OCH3 is 1. The lowest BCUT2D eigenvalue weighted by Crippen LogP contribution is -2.34. The zero-order valence-electron chi connectivity index (χ0n) is 13.7. The summed E-state index contributed by atoms with van der Waals surface area (Å²) in [5.41, 5.74) is 4.07. The Bertz CT molecular complexity index is 810. The van der Waals surface area contributed by atoms with E-state index in [0.29, 0.717) is 28.8 Å². The van der Waals surface area contributed by atoms with Gasteiger partial charge in [-0.05, 0) is 37.5 Å². The van der Waals surface area contributed by atoms with E-state index < -0.39 is 11.9 Å². The molecule has 3 rings (SSSR count). The van der Waals surface area contributed by atoms with Crippen LogP contribution in [0.2, 0.25) is 0 Å². The zero-order valence-corrected chi connectivity index (χ0v) is 13.7. The molecule has 0 radical (unpaired) electrons. The highest BCUT2D eigenvalue weighted by Crippen LogP contribution is 2.42. The van der Waals surface area contributed by atoms with Gasteiger partial charge in [0.25, 0.3) is 0 Å². The van der Waals surface area contributed by atoms with Gasteiger partial charge in [0.2, 0.25) is 0 Å². The standard InChI is InChI=1S/C19H18N2O3/c1-11-16(19(23)24-2)17(13-8-6-12(10-20)7-9-13)18-14(21-11)4-3-5-15(18)22/h6-9,17,21H,3-5H2,1-2H3. The van der Waals surface area contributed by atoms with E-state index in [4.69, 9.17) is 10.00 Å². The lowest BCUT2D eigenvalue weighted by atomic mass is 9.75. The number of carbonyl (C=O) groups is 2. The van der Waals surface area contributed by atoms with Gasteiger partial charge in [-0.15, -0.1) is 0 Å². The van der Waals surface area contributed by atoms with Gasteiger partial charge in [0, 0.05) is 29.3 Å². The van der Waals surface area contributed by atoms with Crippen LogP contribution in [-0.4, -0.2) is 18.9 Å². The van der Waals surface area contributed by atoms with Gasteiger partial charge >= 0.3 is 5.97 Å². The van der Waals surface area contributed by atoms with Crippen molar-refractivity contribution in [2.45, 2.75) is 32.1 Å². The third-order valence-electron chi connectivity index (χ3n) is 4.55. The maximum atomic E-state index is 12.6. The summed E-state index contributed by atoms with van der Waals surface area (Å²) in [6, 6.07) is 9.09. The highest BCUT2D eigenvalue weighted by molar-refractivity contribution is 6.03. The topological polar surface area (TPSA) is 79.2 Å². The van der Waals surface area contributed by atoms with Crippen LogP contribution in [0.15, 0.2) is 46.8 Å². The van der Waals surface area contributed by atoms with Crippen LogP contribution in [0.1, 0.15) is 43.2 Å². The number of nitrogens with one attached hydrogen (secondary N) is 1. The van der Waals surface area contributed by atoms with Gasteiger partial charge in [0.1, 0.15) is 0 Å². The minimum Gasteiger partial charge on any atom is -0.466 e. The molecule has 1 unspecified atom stereocenters. The molecule has 24 heavy (non-hydrogen) atoms. The number of nitrogens with zero attached hydrogens (tertiary/aromatic N) is 1. The molecule has 1 aliphatic heterocycles. The molecule has 1 aliphatic carbocycles. The van der Waals surface area contributed by atoms with Crippen LogP contribution in [0.25, 0.3) is 0 Å². The van der Waals surface area contributed by atoms with Gasteiger partial charge in [-0.1, -0.05) is 12.1 Å². The highest BCUT2D eigenvalue weighted by Gasteiger charge is 2.38. The summed E-state index contributed by atoms with van der Waals surface area (Å²) in [6.45, 7) is 1.83. The predicted octanol–water partition coefficient (Wildman–Crippen LogP) is 2.70. The van der Waals surface area contributed by atoms with E-state index in [-0.39, 0.29) is 5.78 Å². The van der Waals surface area contributed by atoms with Crippen LogP contribution >= 0.6 is 0 Å². The summed E-state index contributed by atoms with van der Waals surface area (Å²) in [7, 11) is 1.34. The van der Waals surface area contributed by atoms with Gasteiger partial charge in [-0.3, -0.25) is 4.79 Å². The second-order valence-electron chi connectivity index (χ2n) is 5.99. The first-order chi connectivity index (χ1) is 11.6. The monoisotopic (exact) mass is 322 g/mol. The molecular formula is C19H18N2O3. The number of dihydropyridines is 1. The molecule has 5 nitrogen and oxygen atoms in total. The molecule has 0 spiro atoms. The average Bonchev–Trinajstić information content (AvgIpc) is 2.60. The van der Waals surface area contributed by atoms with E-state index in [1.54, 1.807) is 24.3 Å². The number of ether oxygens (including phenoxy) is 1. The molecule has 0 saturated heterocycles. The molecule has 5 heteroatoms. The van der Waals surface area contributed by atoms with Crippen molar-refractivity contribution in [3.8, 4) is 6.07 Å². The van der Waals surface area contributed by atoms with Crippen molar-refractivity contribution in [2.24, 2.45) is 0 Å². The Balaban J connectivity index is 2.17. The molecule has 0 amide bonds. The van der Waals surface area contributed by atoms with Crippen molar-refractivity contribution in [1.82, 2.24) is 5.32 Å². The summed E-state index contributed by atoms with van der Waals surface area (Å²) in [6.07, 6.45) is 2.09. The minimum absolute atomic E-state index is 0.0620. The fourth-order valence-corrected chi connectivity index (χ4v) is 3.45. The van der Waals surface area contributed by atoms with Crippen molar-refractivity contribution in [3.05, 3.63) is 57.9 Å². The summed E-state index contributed by atoms with van der Waals surface area (Å²) in [5, 5.41) is 12.2. The number of allylic oxidation sites excluding steroid dienone is 3. The number of Topliss-reactive ketones (excluding diaryl/α,β-unsaturated/α-hetero) is 1. The number of benzene rings is 1. The molecule has 0 bridgehead atoms. The third kappa shape index (κ3) is 2.61. The SMILES string of the molecule is COC(=O)C1=C(C)NC2=C(C(=O)CCC2)C1c1ccc(C#N)cc1. The molecule has 0 aromatic heterocycles. The van der Waals surface area contributed by atoms with E-state index >= 15 is 0 Å². The Labute approximate surface area is 140 Å². The van der Waals surface area contributed by atoms with Crippen molar-refractivity contribution in [2.75, 3.05) is 7.11 Å². The molecule has 1 aromatic carbocycles. The fourth-order valence-electron chi connectivity index (χ4n) is 3.45. The molecule has 1 heterocycles. The highest BCUT2D eigenvalue weighted by atomic mass is 16.5. The number of ketones is 1. The smallest absolute Gasteiger partial charge is 0.336 e. The predicted molar refractivity (Wildman–Crippen MR) is 87.6 cm³/mol. The number of carbonyl (C=O) groups excluding carboxylic acids is 2. The number of rotatable bonds is 2. The molecule has 1 aromatic rings. The van der Waals surface area contributed by atoms with E-state index in [0.717, 1.165) is 24.1 Å². The minimum atomic E-state index is -0.450. The van der Waals surface area contributed by atoms with E-state index in [9.17, 15) is 9.59 Å². The average molecular weight is 322 g/mol. The van der Waals surface area contributed by atoms with Crippen molar-refractivity contribution < 1.29 is 14.3 Å². The van der Waals surface area contributed by atoms with Crippen molar-refractivity contribution in [1.29, 1.82) is 5.26 Å². The van der Waals surface area contributed by atoms with Gasteiger partial charge < -0.3 is 10.1 Å². The van der Waals surface area contributed by atoms with E-state index in [2.05, 4.69) is 11.4 Å². The summed E-state index contributed by atoms with van der Waals surface area (Å²) >= 11 is 0. The van der Waals surface area contributed by atoms with Gasteiger partial charge in [0.15, 0.2) is 5.78 Å². The number of hydrogen-bond donors (Lipinski definition) is 1. The second kappa shape index (κ2) is 6.32. The van der Waals surface area contributed by atoms with E-state index in [1.165, 1.54) is 7.11 Å². The number of hydrogen-bond acceptors (Lipinski definition) is 5. The first-order valence-electron chi connectivity index (χ1n) is 7.89. The van der Waals surface area contributed by atoms with Gasteiger partial charge in [-0.2, -0.15) is 5.26 Å². The van der Waals surface area contributed by atoms with Gasteiger partial charge in [-0.25, -0.2) is 4.79 Å².